The standard InChI is InChI=1S/C11H14N2O/c1-13-7-2-8-14-11-5-3-10(9-12)4-6-11/h3-6,13H,2,7-8H2,1H3. The maximum atomic E-state index is 8.58. The molecule has 1 aromatic carbocycles. The molecule has 1 N–H and O–H groups in total. The van der Waals surface area contributed by atoms with E-state index >= 15 is 0 Å². The van der Waals surface area contributed by atoms with E-state index in [2.05, 4.69) is 11.4 Å². The summed E-state index contributed by atoms with van der Waals surface area (Å²) < 4.78 is 5.46. The SMILES string of the molecule is CNCCCOc1ccc(C#N)cc1. The van der Waals surface area contributed by atoms with Gasteiger partial charge in [-0.3, -0.25) is 0 Å². The first-order valence-electron chi connectivity index (χ1n) is 4.64. The van der Waals surface area contributed by atoms with Gasteiger partial charge in [-0.25, -0.2) is 0 Å². The summed E-state index contributed by atoms with van der Waals surface area (Å²) in [5.41, 5.74) is 0.660. The fraction of sp³-hybridized carbons (Fsp3) is 0.364. The molecule has 0 atom stereocenters. The number of rotatable bonds is 5. The molecule has 0 saturated carbocycles. The van der Waals surface area contributed by atoms with Crippen LogP contribution in [0.25, 0.3) is 0 Å². The van der Waals surface area contributed by atoms with Crippen LogP contribution in [0, 0.1) is 11.3 Å². The second kappa shape index (κ2) is 6.01. The Labute approximate surface area is 84.3 Å². The molecule has 3 heteroatoms. The van der Waals surface area contributed by atoms with Crippen molar-refractivity contribution in [1.29, 1.82) is 5.26 Å². The minimum Gasteiger partial charge on any atom is -0.494 e. The van der Waals surface area contributed by atoms with Gasteiger partial charge in [0.25, 0.3) is 0 Å². The predicted molar refractivity (Wildman–Crippen MR) is 55.2 cm³/mol. The van der Waals surface area contributed by atoms with Crippen LogP contribution in [-0.2, 0) is 0 Å². The second-order valence-corrected chi connectivity index (χ2v) is 2.94. The highest BCUT2D eigenvalue weighted by atomic mass is 16.5. The van der Waals surface area contributed by atoms with Crippen LogP contribution in [-0.4, -0.2) is 20.2 Å². The molecular formula is C11H14N2O. The third kappa shape index (κ3) is 3.46. The Morgan fingerprint density at radius 2 is 2.07 bits per heavy atom. The van der Waals surface area contributed by atoms with Crippen molar-refractivity contribution < 1.29 is 4.74 Å². The molecule has 0 fully saturated rings. The van der Waals surface area contributed by atoms with E-state index in [4.69, 9.17) is 10.00 Å². The zero-order valence-electron chi connectivity index (χ0n) is 8.29. The van der Waals surface area contributed by atoms with Crippen molar-refractivity contribution >= 4 is 0 Å². The Kier molecular flexibility index (Phi) is 4.53. The van der Waals surface area contributed by atoms with Crippen molar-refractivity contribution in [2.75, 3.05) is 20.2 Å². The van der Waals surface area contributed by atoms with Crippen molar-refractivity contribution in [3.05, 3.63) is 29.8 Å². The molecule has 14 heavy (non-hydrogen) atoms. The molecule has 0 unspecified atom stereocenters. The topological polar surface area (TPSA) is 45.0 Å². The second-order valence-electron chi connectivity index (χ2n) is 2.94. The Hall–Kier alpha value is -1.53. The van der Waals surface area contributed by atoms with Crippen LogP contribution in [0.4, 0.5) is 0 Å². The molecule has 3 nitrogen and oxygen atoms in total. The lowest BCUT2D eigenvalue weighted by Gasteiger charge is -2.05. The molecule has 0 spiro atoms. The summed E-state index contributed by atoms with van der Waals surface area (Å²) in [4.78, 5) is 0. The normalized spacial score (nSPS) is 9.43. The summed E-state index contributed by atoms with van der Waals surface area (Å²) in [5.74, 6) is 0.820. The summed E-state index contributed by atoms with van der Waals surface area (Å²) in [5, 5.41) is 11.6. The fourth-order valence-corrected chi connectivity index (χ4v) is 1.06. The molecule has 0 heterocycles. The zero-order chi connectivity index (χ0) is 10.2. The minimum absolute atomic E-state index is 0.660. The first-order chi connectivity index (χ1) is 6.86. The maximum Gasteiger partial charge on any atom is 0.119 e. The van der Waals surface area contributed by atoms with Crippen LogP contribution in [0.15, 0.2) is 24.3 Å². The largest absolute Gasteiger partial charge is 0.494 e. The van der Waals surface area contributed by atoms with Crippen LogP contribution in [0.3, 0.4) is 0 Å². The molecule has 0 aromatic heterocycles. The summed E-state index contributed by atoms with van der Waals surface area (Å²) in [7, 11) is 1.92. The lowest BCUT2D eigenvalue weighted by atomic mass is 10.2. The molecular weight excluding hydrogens is 176 g/mol. The lowest BCUT2D eigenvalue weighted by Crippen LogP contribution is -2.11. The van der Waals surface area contributed by atoms with E-state index in [1.54, 1.807) is 12.1 Å². The molecule has 74 valence electrons. The van der Waals surface area contributed by atoms with Gasteiger partial charge >= 0.3 is 0 Å². The zero-order valence-corrected chi connectivity index (χ0v) is 8.29. The van der Waals surface area contributed by atoms with E-state index in [0.717, 1.165) is 18.7 Å². The van der Waals surface area contributed by atoms with Gasteiger partial charge in [0.15, 0.2) is 0 Å². The number of hydrogen-bond acceptors (Lipinski definition) is 3. The van der Waals surface area contributed by atoms with Gasteiger partial charge in [-0.1, -0.05) is 0 Å². The first-order valence-corrected chi connectivity index (χ1v) is 4.64. The molecule has 0 radical (unpaired) electrons. The van der Waals surface area contributed by atoms with Crippen molar-refractivity contribution in [2.24, 2.45) is 0 Å². The summed E-state index contributed by atoms with van der Waals surface area (Å²) in [6.07, 6.45) is 0.983. The average molecular weight is 190 g/mol. The maximum absolute atomic E-state index is 8.58. The average Bonchev–Trinajstić information content (AvgIpc) is 2.25. The van der Waals surface area contributed by atoms with Crippen LogP contribution in [0.5, 0.6) is 5.75 Å². The van der Waals surface area contributed by atoms with Crippen LogP contribution in [0.1, 0.15) is 12.0 Å². The molecule has 0 aliphatic heterocycles. The highest BCUT2D eigenvalue weighted by molar-refractivity contribution is 5.34. The van der Waals surface area contributed by atoms with E-state index in [9.17, 15) is 0 Å². The third-order valence-electron chi connectivity index (χ3n) is 1.82. The van der Waals surface area contributed by atoms with Gasteiger partial charge in [-0.15, -0.1) is 0 Å². The Morgan fingerprint density at radius 3 is 2.64 bits per heavy atom. The molecule has 0 amide bonds. The van der Waals surface area contributed by atoms with Gasteiger partial charge in [0.1, 0.15) is 5.75 Å². The predicted octanol–water partition coefficient (Wildman–Crippen LogP) is 1.55. The van der Waals surface area contributed by atoms with Crippen LogP contribution >= 0.6 is 0 Å². The Morgan fingerprint density at radius 1 is 1.36 bits per heavy atom. The summed E-state index contributed by atoms with van der Waals surface area (Å²) in [6, 6.07) is 9.21. The van der Waals surface area contributed by atoms with Crippen molar-refractivity contribution in [3.63, 3.8) is 0 Å². The fourth-order valence-electron chi connectivity index (χ4n) is 1.06. The Bertz CT molecular complexity index is 300. The molecule has 0 bridgehead atoms. The highest BCUT2D eigenvalue weighted by Crippen LogP contribution is 2.11. The van der Waals surface area contributed by atoms with Crippen molar-refractivity contribution in [2.45, 2.75) is 6.42 Å². The number of nitrogens with one attached hydrogen (secondary N) is 1. The smallest absolute Gasteiger partial charge is 0.119 e. The van der Waals surface area contributed by atoms with Gasteiger partial charge in [0, 0.05) is 0 Å². The van der Waals surface area contributed by atoms with Gasteiger partial charge < -0.3 is 10.1 Å². The van der Waals surface area contributed by atoms with Crippen LogP contribution in [0.2, 0.25) is 0 Å². The third-order valence-corrected chi connectivity index (χ3v) is 1.82. The monoisotopic (exact) mass is 190 g/mol. The molecule has 0 aliphatic carbocycles. The number of ether oxygens (including phenoxy) is 1. The lowest BCUT2D eigenvalue weighted by molar-refractivity contribution is 0.310. The van der Waals surface area contributed by atoms with E-state index in [1.807, 2.05) is 19.2 Å². The van der Waals surface area contributed by atoms with E-state index in [1.165, 1.54) is 0 Å². The van der Waals surface area contributed by atoms with E-state index < -0.39 is 0 Å². The molecule has 0 saturated heterocycles. The van der Waals surface area contributed by atoms with Crippen LogP contribution < -0.4 is 10.1 Å². The van der Waals surface area contributed by atoms with Gasteiger partial charge in [0.2, 0.25) is 0 Å². The van der Waals surface area contributed by atoms with Gasteiger partial charge in [0.05, 0.1) is 18.2 Å². The van der Waals surface area contributed by atoms with Gasteiger partial charge in [-0.05, 0) is 44.3 Å². The summed E-state index contributed by atoms with van der Waals surface area (Å²) >= 11 is 0. The summed E-state index contributed by atoms with van der Waals surface area (Å²) in [6.45, 7) is 1.66. The van der Waals surface area contributed by atoms with Crippen molar-refractivity contribution in [1.82, 2.24) is 5.32 Å². The number of benzene rings is 1. The Balaban J connectivity index is 2.33. The first kappa shape index (κ1) is 10.6. The number of nitrogens with zero attached hydrogens (tertiary/aromatic N) is 1. The van der Waals surface area contributed by atoms with E-state index in [0.29, 0.717) is 12.2 Å². The molecule has 0 aliphatic rings. The quantitative estimate of drug-likeness (QED) is 0.716. The number of nitriles is 1. The number of hydrogen-bond donors (Lipinski definition) is 1. The van der Waals surface area contributed by atoms with Crippen molar-refractivity contribution in [3.8, 4) is 11.8 Å². The molecule has 1 rings (SSSR count). The molecule has 1 aromatic rings. The van der Waals surface area contributed by atoms with E-state index in [-0.39, 0.29) is 0 Å². The minimum atomic E-state index is 0.660. The van der Waals surface area contributed by atoms with Gasteiger partial charge in [-0.2, -0.15) is 5.26 Å². The highest BCUT2D eigenvalue weighted by Gasteiger charge is 1.93.